The summed E-state index contributed by atoms with van der Waals surface area (Å²) in [6.45, 7) is 4.66. The lowest BCUT2D eigenvalue weighted by Crippen LogP contribution is -2.25. The summed E-state index contributed by atoms with van der Waals surface area (Å²) in [7, 11) is -2.18. The Labute approximate surface area is 194 Å². The Morgan fingerprint density at radius 3 is 2.64 bits per heavy atom. The number of nitrogens with one attached hydrogen (secondary N) is 2. The molecule has 0 aliphatic heterocycles. The monoisotopic (exact) mass is 469 g/mol. The predicted octanol–water partition coefficient (Wildman–Crippen LogP) is 4.06. The fourth-order valence-corrected chi connectivity index (χ4v) is 4.48. The average molecular weight is 470 g/mol. The first kappa shape index (κ1) is 24.2. The van der Waals surface area contributed by atoms with Crippen LogP contribution < -0.4 is 14.8 Å². The molecule has 0 saturated heterocycles. The zero-order valence-corrected chi connectivity index (χ0v) is 19.6. The minimum absolute atomic E-state index is 0.121. The molecule has 1 amide bonds. The van der Waals surface area contributed by atoms with Crippen molar-refractivity contribution >= 4 is 21.6 Å². The second-order valence-electron chi connectivity index (χ2n) is 7.46. The smallest absolute Gasteiger partial charge is 0.262 e. The molecule has 0 aliphatic rings. The lowest BCUT2D eigenvalue weighted by molar-refractivity contribution is 0.0945. The van der Waals surface area contributed by atoms with Crippen LogP contribution in [0, 0.1) is 13.8 Å². The Hall–Kier alpha value is -3.43. The summed E-state index contributed by atoms with van der Waals surface area (Å²) < 4.78 is 39.1. The van der Waals surface area contributed by atoms with E-state index in [1.807, 2.05) is 13.0 Å². The van der Waals surface area contributed by atoms with Gasteiger partial charge in [0, 0.05) is 32.5 Å². The molecule has 3 aromatic rings. The Kier molecular flexibility index (Phi) is 8.02. The highest BCUT2D eigenvalue weighted by molar-refractivity contribution is 7.92. The summed E-state index contributed by atoms with van der Waals surface area (Å²) in [5.41, 5.74) is 2.24. The molecule has 0 aliphatic carbocycles. The number of benzene rings is 2. The maximum atomic E-state index is 12.9. The van der Waals surface area contributed by atoms with E-state index in [0.717, 1.165) is 5.56 Å². The van der Waals surface area contributed by atoms with Crippen LogP contribution in [-0.2, 0) is 14.8 Å². The van der Waals surface area contributed by atoms with E-state index < -0.39 is 10.0 Å². The van der Waals surface area contributed by atoms with Crippen molar-refractivity contribution in [3.8, 4) is 11.6 Å². The Balaban J connectivity index is 1.76. The largest absolute Gasteiger partial charge is 0.438 e. The van der Waals surface area contributed by atoms with Crippen molar-refractivity contribution in [3.63, 3.8) is 0 Å². The summed E-state index contributed by atoms with van der Waals surface area (Å²) in [5, 5.41) is 2.80. The molecule has 174 valence electrons. The summed E-state index contributed by atoms with van der Waals surface area (Å²) >= 11 is 0. The molecular formula is C24H27N3O5S. The fourth-order valence-electron chi connectivity index (χ4n) is 3.20. The van der Waals surface area contributed by atoms with Gasteiger partial charge >= 0.3 is 0 Å². The van der Waals surface area contributed by atoms with E-state index >= 15 is 0 Å². The average Bonchev–Trinajstić information content (AvgIpc) is 2.76. The maximum Gasteiger partial charge on any atom is 0.262 e. The molecule has 9 heteroatoms. The number of pyridine rings is 1. The first-order valence-electron chi connectivity index (χ1n) is 10.4. The minimum atomic E-state index is -3.78. The Morgan fingerprint density at radius 2 is 1.88 bits per heavy atom. The van der Waals surface area contributed by atoms with E-state index in [0.29, 0.717) is 36.6 Å². The van der Waals surface area contributed by atoms with Crippen molar-refractivity contribution < 1.29 is 22.7 Å². The van der Waals surface area contributed by atoms with Crippen LogP contribution >= 0.6 is 0 Å². The number of methoxy groups -OCH3 is 1. The molecule has 33 heavy (non-hydrogen) atoms. The molecule has 8 nitrogen and oxygen atoms in total. The van der Waals surface area contributed by atoms with Gasteiger partial charge in [0.2, 0.25) is 5.88 Å². The molecule has 0 spiro atoms. The third kappa shape index (κ3) is 6.53. The van der Waals surface area contributed by atoms with Crippen molar-refractivity contribution in [1.82, 2.24) is 10.3 Å². The summed E-state index contributed by atoms with van der Waals surface area (Å²) in [4.78, 5) is 16.9. The number of carbonyl (C=O) groups excluding carboxylic acids is 1. The molecule has 0 atom stereocenters. The number of hydrogen-bond donors (Lipinski definition) is 2. The molecule has 2 aromatic carbocycles. The lowest BCUT2D eigenvalue weighted by atomic mass is 10.2. The van der Waals surface area contributed by atoms with E-state index in [1.165, 1.54) is 12.3 Å². The number of ether oxygens (including phenoxy) is 2. The normalized spacial score (nSPS) is 11.1. The van der Waals surface area contributed by atoms with Crippen LogP contribution in [0.3, 0.4) is 0 Å². The van der Waals surface area contributed by atoms with Crippen molar-refractivity contribution in [1.29, 1.82) is 0 Å². The summed E-state index contributed by atoms with van der Waals surface area (Å²) in [6.07, 6.45) is 2.20. The van der Waals surface area contributed by atoms with Gasteiger partial charge in [-0.3, -0.25) is 9.52 Å². The van der Waals surface area contributed by atoms with Crippen LogP contribution in [0.25, 0.3) is 0 Å². The van der Waals surface area contributed by atoms with Crippen LogP contribution in [-0.4, -0.2) is 39.6 Å². The standard InChI is InChI=1S/C24H27N3O5S/c1-17-10-11-22(18(2)15-17)33(29,30)27-19-7-4-8-20(16-19)32-24-21(9-5-12-26-24)23(28)25-13-6-14-31-3/h4-5,7-12,15-16,27H,6,13-14H2,1-3H3,(H,25,28). The first-order chi connectivity index (χ1) is 15.8. The van der Waals surface area contributed by atoms with Crippen molar-refractivity contribution in [2.75, 3.05) is 25.0 Å². The number of aromatic nitrogens is 1. The molecule has 0 saturated carbocycles. The summed E-state index contributed by atoms with van der Waals surface area (Å²) in [5.74, 6) is 0.139. The molecule has 0 unspecified atom stereocenters. The van der Waals surface area contributed by atoms with E-state index in [-0.39, 0.29) is 22.2 Å². The Bertz CT molecular complexity index is 1230. The topological polar surface area (TPSA) is 107 Å². The van der Waals surface area contributed by atoms with Crippen LogP contribution in [0.2, 0.25) is 0 Å². The van der Waals surface area contributed by atoms with Gasteiger partial charge in [-0.2, -0.15) is 0 Å². The molecule has 0 bridgehead atoms. The fraction of sp³-hybridized carbons (Fsp3) is 0.250. The number of sulfonamides is 1. The SMILES string of the molecule is COCCCNC(=O)c1cccnc1Oc1cccc(NS(=O)(=O)c2ccc(C)cc2C)c1. The molecule has 0 radical (unpaired) electrons. The van der Waals surface area contributed by atoms with Gasteiger partial charge in [-0.05, 0) is 56.2 Å². The predicted molar refractivity (Wildman–Crippen MR) is 126 cm³/mol. The van der Waals surface area contributed by atoms with Gasteiger partial charge in [-0.25, -0.2) is 13.4 Å². The molecule has 2 N–H and O–H groups in total. The van der Waals surface area contributed by atoms with E-state index in [9.17, 15) is 13.2 Å². The van der Waals surface area contributed by atoms with Crippen LogP contribution in [0.1, 0.15) is 27.9 Å². The number of rotatable bonds is 10. The van der Waals surface area contributed by atoms with Crippen molar-refractivity contribution in [2.24, 2.45) is 0 Å². The van der Waals surface area contributed by atoms with Crippen molar-refractivity contribution in [2.45, 2.75) is 25.2 Å². The third-order valence-electron chi connectivity index (χ3n) is 4.75. The highest BCUT2D eigenvalue weighted by Crippen LogP contribution is 2.27. The van der Waals surface area contributed by atoms with E-state index in [1.54, 1.807) is 56.5 Å². The number of amides is 1. The molecule has 0 fully saturated rings. The quantitative estimate of drug-likeness (QED) is 0.434. The highest BCUT2D eigenvalue weighted by atomic mass is 32.2. The van der Waals surface area contributed by atoms with Gasteiger partial charge in [0.15, 0.2) is 0 Å². The van der Waals surface area contributed by atoms with Crippen LogP contribution in [0.15, 0.2) is 65.7 Å². The first-order valence-corrected chi connectivity index (χ1v) is 11.9. The highest BCUT2D eigenvalue weighted by Gasteiger charge is 2.18. The molecular weight excluding hydrogens is 442 g/mol. The molecule has 1 aromatic heterocycles. The Morgan fingerprint density at radius 1 is 1.06 bits per heavy atom. The van der Waals surface area contributed by atoms with Crippen LogP contribution in [0.4, 0.5) is 5.69 Å². The molecule has 3 rings (SSSR count). The number of nitrogens with zero attached hydrogens (tertiary/aromatic N) is 1. The second kappa shape index (κ2) is 10.9. The number of aryl methyl sites for hydroxylation is 2. The minimum Gasteiger partial charge on any atom is -0.438 e. The van der Waals surface area contributed by atoms with Crippen molar-refractivity contribution in [3.05, 3.63) is 77.5 Å². The second-order valence-corrected chi connectivity index (χ2v) is 9.11. The van der Waals surface area contributed by atoms with Gasteiger partial charge in [0.05, 0.1) is 10.6 Å². The molecule has 1 heterocycles. The zero-order chi connectivity index (χ0) is 23.8. The maximum absolute atomic E-state index is 12.9. The van der Waals surface area contributed by atoms with E-state index in [4.69, 9.17) is 9.47 Å². The number of anilines is 1. The van der Waals surface area contributed by atoms with Gasteiger partial charge in [0.25, 0.3) is 15.9 Å². The van der Waals surface area contributed by atoms with Crippen LogP contribution in [0.5, 0.6) is 11.6 Å². The number of carbonyl (C=O) groups is 1. The third-order valence-corrected chi connectivity index (χ3v) is 6.29. The van der Waals surface area contributed by atoms with Gasteiger partial charge in [-0.1, -0.05) is 23.8 Å². The zero-order valence-electron chi connectivity index (χ0n) is 18.8. The summed E-state index contributed by atoms with van der Waals surface area (Å²) in [6, 6.07) is 14.9. The van der Waals surface area contributed by atoms with E-state index in [2.05, 4.69) is 15.0 Å². The number of hydrogen-bond acceptors (Lipinski definition) is 6. The van der Waals surface area contributed by atoms with Gasteiger partial charge < -0.3 is 14.8 Å². The van der Waals surface area contributed by atoms with Gasteiger partial charge in [-0.15, -0.1) is 0 Å². The lowest BCUT2D eigenvalue weighted by Gasteiger charge is -2.13. The van der Waals surface area contributed by atoms with Gasteiger partial charge in [0.1, 0.15) is 11.3 Å².